The van der Waals surface area contributed by atoms with Gasteiger partial charge in [-0.05, 0) is 60.1 Å². The molecule has 0 saturated heterocycles. The predicted molar refractivity (Wildman–Crippen MR) is 74.9 cm³/mol. The van der Waals surface area contributed by atoms with Crippen LogP contribution in [0.25, 0.3) is 11.1 Å². The van der Waals surface area contributed by atoms with Crippen LogP contribution in [-0.2, 0) is 0 Å². The Balaban J connectivity index is 2.10. The molecule has 0 aliphatic heterocycles. The van der Waals surface area contributed by atoms with Crippen molar-refractivity contribution in [1.29, 1.82) is 0 Å². The van der Waals surface area contributed by atoms with Crippen molar-refractivity contribution in [2.75, 3.05) is 0 Å². The Labute approximate surface area is 108 Å². The molecule has 0 radical (unpaired) electrons. The second-order valence-electron chi connectivity index (χ2n) is 5.21. The molecule has 18 heavy (non-hydrogen) atoms. The lowest BCUT2D eigenvalue weighted by atomic mass is 9.77. The van der Waals surface area contributed by atoms with E-state index in [4.69, 9.17) is 0 Å². The zero-order valence-corrected chi connectivity index (χ0v) is 10.7. The van der Waals surface area contributed by atoms with Gasteiger partial charge >= 0.3 is 0 Å². The van der Waals surface area contributed by atoms with Crippen LogP contribution < -0.4 is 0 Å². The summed E-state index contributed by atoms with van der Waals surface area (Å²) in [6.07, 6.45) is 3.98. The van der Waals surface area contributed by atoms with Gasteiger partial charge in [-0.25, -0.2) is 0 Å². The van der Waals surface area contributed by atoms with E-state index in [1.807, 2.05) is 12.1 Å². The SMILES string of the molecule is Cc1cc(O)ccc1-c1ccccc1C1CCC1. The Morgan fingerprint density at radius 3 is 2.44 bits per heavy atom. The summed E-state index contributed by atoms with van der Waals surface area (Å²) in [5, 5.41) is 9.52. The average molecular weight is 238 g/mol. The molecule has 0 aromatic heterocycles. The van der Waals surface area contributed by atoms with Crippen LogP contribution in [0.4, 0.5) is 0 Å². The molecule has 0 unspecified atom stereocenters. The van der Waals surface area contributed by atoms with Gasteiger partial charge in [-0.1, -0.05) is 36.8 Å². The third-order valence-electron chi connectivity index (χ3n) is 4.01. The van der Waals surface area contributed by atoms with Crippen molar-refractivity contribution in [1.82, 2.24) is 0 Å². The van der Waals surface area contributed by atoms with Crippen LogP contribution in [0, 0.1) is 6.92 Å². The Kier molecular flexibility index (Phi) is 2.83. The van der Waals surface area contributed by atoms with E-state index >= 15 is 0 Å². The number of rotatable bonds is 2. The molecule has 0 amide bonds. The van der Waals surface area contributed by atoms with E-state index < -0.39 is 0 Å². The number of phenols is 1. The summed E-state index contributed by atoms with van der Waals surface area (Å²) >= 11 is 0. The summed E-state index contributed by atoms with van der Waals surface area (Å²) in [6, 6.07) is 14.3. The number of benzene rings is 2. The summed E-state index contributed by atoms with van der Waals surface area (Å²) in [6.45, 7) is 2.06. The van der Waals surface area contributed by atoms with Crippen LogP contribution in [-0.4, -0.2) is 5.11 Å². The van der Waals surface area contributed by atoms with Crippen LogP contribution in [0.5, 0.6) is 5.75 Å². The third-order valence-corrected chi connectivity index (χ3v) is 4.01. The number of phenolic OH excluding ortho intramolecular Hbond substituents is 1. The van der Waals surface area contributed by atoms with Crippen molar-refractivity contribution in [2.24, 2.45) is 0 Å². The molecular weight excluding hydrogens is 220 g/mol. The van der Waals surface area contributed by atoms with Gasteiger partial charge in [-0.2, -0.15) is 0 Å². The number of hydrogen-bond donors (Lipinski definition) is 1. The Bertz CT molecular complexity index is 568. The second kappa shape index (κ2) is 4.49. The van der Waals surface area contributed by atoms with Crippen molar-refractivity contribution in [3.63, 3.8) is 0 Å². The minimum absolute atomic E-state index is 0.345. The zero-order valence-electron chi connectivity index (χ0n) is 10.7. The molecule has 1 aliphatic rings. The van der Waals surface area contributed by atoms with E-state index in [9.17, 15) is 5.11 Å². The fraction of sp³-hybridized carbons (Fsp3) is 0.294. The molecule has 1 nitrogen and oxygen atoms in total. The molecule has 1 heteroatoms. The minimum Gasteiger partial charge on any atom is -0.508 e. The molecule has 0 spiro atoms. The molecule has 0 heterocycles. The maximum Gasteiger partial charge on any atom is 0.115 e. The van der Waals surface area contributed by atoms with E-state index in [2.05, 4.69) is 31.2 Å². The van der Waals surface area contributed by atoms with Crippen molar-refractivity contribution in [3.8, 4) is 16.9 Å². The molecule has 3 rings (SSSR count). The first-order chi connectivity index (χ1) is 8.75. The summed E-state index contributed by atoms with van der Waals surface area (Å²) in [5.41, 5.74) is 5.19. The van der Waals surface area contributed by atoms with Crippen molar-refractivity contribution in [3.05, 3.63) is 53.6 Å². The topological polar surface area (TPSA) is 20.2 Å². The van der Waals surface area contributed by atoms with Crippen molar-refractivity contribution in [2.45, 2.75) is 32.1 Å². The average Bonchev–Trinajstić information content (AvgIpc) is 2.28. The van der Waals surface area contributed by atoms with Crippen LogP contribution in [0.15, 0.2) is 42.5 Å². The number of aromatic hydroxyl groups is 1. The summed E-state index contributed by atoms with van der Waals surface area (Å²) in [4.78, 5) is 0. The first-order valence-corrected chi connectivity index (χ1v) is 6.64. The second-order valence-corrected chi connectivity index (χ2v) is 5.21. The smallest absolute Gasteiger partial charge is 0.115 e. The fourth-order valence-corrected chi connectivity index (χ4v) is 2.77. The van der Waals surface area contributed by atoms with Crippen LogP contribution >= 0.6 is 0 Å². The monoisotopic (exact) mass is 238 g/mol. The summed E-state index contributed by atoms with van der Waals surface area (Å²) in [5.74, 6) is 1.08. The Morgan fingerprint density at radius 1 is 1.00 bits per heavy atom. The molecule has 0 atom stereocenters. The highest BCUT2D eigenvalue weighted by atomic mass is 16.3. The maximum absolute atomic E-state index is 9.52. The molecule has 1 N–H and O–H groups in total. The van der Waals surface area contributed by atoms with Gasteiger partial charge in [0, 0.05) is 0 Å². The molecule has 92 valence electrons. The highest BCUT2D eigenvalue weighted by Gasteiger charge is 2.22. The molecule has 1 aliphatic carbocycles. The van der Waals surface area contributed by atoms with E-state index in [0.29, 0.717) is 5.75 Å². The lowest BCUT2D eigenvalue weighted by Crippen LogP contribution is -2.10. The predicted octanol–water partition coefficient (Wildman–Crippen LogP) is 4.64. The van der Waals surface area contributed by atoms with Gasteiger partial charge in [-0.3, -0.25) is 0 Å². The highest BCUT2D eigenvalue weighted by Crippen LogP contribution is 2.41. The molecule has 0 bridgehead atoms. The van der Waals surface area contributed by atoms with Crippen molar-refractivity contribution >= 4 is 0 Å². The summed E-state index contributed by atoms with van der Waals surface area (Å²) < 4.78 is 0. The fourth-order valence-electron chi connectivity index (χ4n) is 2.77. The molecule has 1 fully saturated rings. The van der Waals surface area contributed by atoms with E-state index in [1.54, 1.807) is 6.07 Å². The molecule has 2 aromatic rings. The number of hydrogen-bond acceptors (Lipinski definition) is 1. The standard InChI is InChI=1S/C17H18O/c1-12-11-14(18)9-10-15(12)17-8-3-2-7-16(17)13-5-4-6-13/h2-3,7-11,13,18H,4-6H2,1H3. The van der Waals surface area contributed by atoms with Crippen LogP contribution in [0.3, 0.4) is 0 Å². The van der Waals surface area contributed by atoms with Gasteiger partial charge < -0.3 is 5.11 Å². The van der Waals surface area contributed by atoms with Gasteiger partial charge in [0.2, 0.25) is 0 Å². The zero-order chi connectivity index (χ0) is 12.5. The largest absolute Gasteiger partial charge is 0.508 e. The van der Waals surface area contributed by atoms with E-state index in [-0.39, 0.29) is 0 Å². The number of aryl methyl sites for hydroxylation is 1. The Morgan fingerprint density at radius 2 is 1.78 bits per heavy atom. The maximum atomic E-state index is 9.52. The normalized spacial score (nSPS) is 15.4. The molecule has 1 saturated carbocycles. The lowest BCUT2D eigenvalue weighted by Gasteiger charge is -2.28. The quantitative estimate of drug-likeness (QED) is 0.808. The van der Waals surface area contributed by atoms with Crippen molar-refractivity contribution < 1.29 is 5.11 Å². The highest BCUT2D eigenvalue weighted by molar-refractivity contribution is 5.72. The summed E-state index contributed by atoms with van der Waals surface area (Å²) in [7, 11) is 0. The van der Waals surface area contributed by atoms with Gasteiger partial charge in [0.05, 0.1) is 0 Å². The third kappa shape index (κ3) is 1.90. The first-order valence-electron chi connectivity index (χ1n) is 6.64. The van der Waals surface area contributed by atoms with E-state index in [1.165, 1.54) is 36.0 Å². The van der Waals surface area contributed by atoms with Crippen LogP contribution in [0.2, 0.25) is 0 Å². The molecular formula is C17H18O. The van der Waals surface area contributed by atoms with Crippen LogP contribution in [0.1, 0.15) is 36.3 Å². The lowest BCUT2D eigenvalue weighted by molar-refractivity contribution is 0.420. The van der Waals surface area contributed by atoms with Gasteiger partial charge in [0.15, 0.2) is 0 Å². The van der Waals surface area contributed by atoms with E-state index in [0.717, 1.165) is 11.5 Å². The van der Waals surface area contributed by atoms with Gasteiger partial charge in [0.25, 0.3) is 0 Å². The molecule has 2 aromatic carbocycles. The first kappa shape index (κ1) is 11.3. The van der Waals surface area contributed by atoms with Gasteiger partial charge in [-0.15, -0.1) is 0 Å². The minimum atomic E-state index is 0.345. The Hall–Kier alpha value is -1.76. The van der Waals surface area contributed by atoms with Gasteiger partial charge in [0.1, 0.15) is 5.75 Å².